The highest BCUT2D eigenvalue weighted by molar-refractivity contribution is 6.34. The van der Waals surface area contributed by atoms with Gasteiger partial charge in [-0.2, -0.15) is 0 Å². The fraction of sp³-hybridized carbons (Fsp3) is 0.444. The molecule has 0 aromatic carbocycles. The minimum Gasteiger partial charge on any atom is -0.395 e. The summed E-state index contributed by atoms with van der Waals surface area (Å²) < 4.78 is 0. The largest absolute Gasteiger partial charge is 0.395 e. The molecule has 0 atom stereocenters. The normalized spacial score (nSPS) is 10.9. The monoisotopic (exact) mass is 234 g/mol. The van der Waals surface area contributed by atoms with Crippen LogP contribution in [0, 0.1) is 0 Å². The zero-order chi connectivity index (χ0) is 10.6. The summed E-state index contributed by atoms with van der Waals surface area (Å²) in [5.74, 6) is 0. The molecule has 78 valence electrons. The molecular formula is C9H12Cl2N2O. The van der Waals surface area contributed by atoms with E-state index in [0.29, 0.717) is 23.1 Å². The zero-order valence-corrected chi connectivity index (χ0v) is 9.39. The number of pyridine rings is 1. The van der Waals surface area contributed by atoms with E-state index in [0.717, 1.165) is 5.69 Å². The van der Waals surface area contributed by atoms with Crippen LogP contribution in [0.4, 0.5) is 0 Å². The smallest absolute Gasteiger partial charge is 0.0730 e. The van der Waals surface area contributed by atoms with E-state index in [1.807, 2.05) is 11.9 Å². The molecule has 0 fully saturated rings. The quantitative estimate of drug-likeness (QED) is 0.864. The summed E-state index contributed by atoms with van der Waals surface area (Å²) in [5, 5.41) is 9.80. The summed E-state index contributed by atoms with van der Waals surface area (Å²) in [5.41, 5.74) is 0.770. The van der Waals surface area contributed by atoms with Crippen molar-refractivity contribution in [2.24, 2.45) is 0 Å². The molecule has 0 aliphatic heterocycles. The lowest BCUT2D eigenvalue weighted by atomic mass is 10.3. The number of aromatic nitrogens is 1. The molecule has 0 saturated carbocycles. The van der Waals surface area contributed by atoms with Gasteiger partial charge in [-0.25, -0.2) is 0 Å². The molecule has 0 saturated heterocycles. The van der Waals surface area contributed by atoms with Crippen molar-refractivity contribution >= 4 is 23.2 Å². The van der Waals surface area contributed by atoms with E-state index in [1.54, 1.807) is 12.3 Å². The molecule has 1 aromatic heterocycles. The first kappa shape index (κ1) is 11.7. The molecular weight excluding hydrogens is 223 g/mol. The Morgan fingerprint density at radius 2 is 2.21 bits per heavy atom. The molecule has 0 spiro atoms. The van der Waals surface area contributed by atoms with Gasteiger partial charge >= 0.3 is 0 Å². The van der Waals surface area contributed by atoms with Crippen LogP contribution in [0.25, 0.3) is 0 Å². The number of rotatable bonds is 4. The van der Waals surface area contributed by atoms with Crippen LogP contribution in [0.2, 0.25) is 10.0 Å². The van der Waals surface area contributed by atoms with E-state index in [1.165, 1.54) is 0 Å². The van der Waals surface area contributed by atoms with Crippen LogP contribution in [0.1, 0.15) is 5.69 Å². The standard InChI is InChI=1S/C9H12Cl2N2O/c1-13(2-3-14)6-9-8(11)4-7(10)5-12-9/h4-5,14H,2-3,6H2,1H3. The van der Waals surface area contributed by atoms with E-state index < -0.39 is 0 Å². The maximum atomic E-state index is 8.71. The third-order valence-electron chi connectivity index (χ3n) is 1.79. The number of halogens is 2. The maximum Gasteiger partial charge on any atom is 0.0730 e. The Hall–Kier alpha value is -0.350. The lowest BCUT2D eigenvalue weighted by molar-refractivity contribution is 0.216. The second-order valence-corrected chi connectivity index (χ2v) is 3.89. The first-order valence-corrected chi connectivity index (χ1v) is 4.98. The number of aliphatic hydroxyl groups is 1. The van der Waals surface area contributed by atoms with Crippen LogP contribution in [0.15, 0.2) is 12.3 Å². The number of nitrogens with zero attached hydrogens (tertiary/aromatic N) is 2. The molecule has 1 N–H and O–H groups in total. The van der Waals surface area contributed by atoms with Crippen molar-refractivity contribution in [3.05, 3.63) is 28.0 Å². The fourth-order valence-corrected chi connectivity index (χ4v) is 1.50. The molecule has 0 radical (unpaired) electrons. The van der Waals surface area contributed by atoms with Gasteiger partial charge in [0.15, 0.2) is 0 Å². The van der Waals surface area contributed by atoms with E-state index in [9.17, 15) is 0 Å². The number of hydrogen-bond donors (Lipinski definition) is 1. The van der Waals surface area contributed by atoms with Gasteiger partial charge in [0.25, 0.3) is 0 Å². The van der Waals surface area contributed by atoms with Crippen LogP contribution in [-0.4, -0.2) is 35.2 Å². The number of hydrogen-bond acceptors (Lipinski definition) is 3. The SMILES string of the molecule is CN(CCO)Cc1ncc(Cl)cc1Cl. The van der Waals surface area contributed by atoms with Crippen molar-refractivity contribution in [3.8, 4) is 0 Å². The second-order valence-electron chi connectivity index (χ2n) is 3.04. The van der Waals surface area contributed by atoms with E-state index in [4.69, 9.17) is 28.3 Å². The van der Waals surface area contributed by atoms with E-state index in [-0.39, 0.29) is 6.61 Å². The summed E-state index contributed by atoms with van der Waals surface area (Å²) in [6.45, 7) is 1.33. The number of aliphatic hydroxyl groups excluding tert-OH is 1. The highest BCUT2D eigenvalue weighted by Gasteiger charge is 2.05. The fourth-order valence-electron chi connectivity index (χ4n) is 1.06. The minimum absolute atomic E-state index is 0.127. The van der Waals surface area contributed by atoms with Crippen molar-refractivity contribution in [3.63, 3.8) is 0 Å². The Morgan fingerprint density at radius 1 is 1.50 bits per heavy atom. The van der Waals surface area contributed by atoms with Crippen molar-refractivity contribution < 1.29 is 5.11 Å². The van der Waals surface area contributed by atoms with Gasteiger partial charge in [-0.15, -0.1) is 0 Å². The Kier molecular flexibility index (Phi) is 4.62. The van der Waals surface area contributed by atoms with Crippen LogP contribution >= 0.6 is 23.2 Å². The van der Waals surface area contributed by atoms with Gasteiger partial charge in [0.05, 0.1) is 22.3 Å². The first-order chi connectivity index (χ1) is 6.63. The van der Waals surface area contributed by atoms with E-state index in [2.05, 4.69) is 4.98 Å². The van der Waals surface area contributed by atoms with Crippen LogP contribution in [0.5, 0.6) is 0 Å². The highest BCUT2D eigenvalue weighted by atomic mass is 35.5. The Labute approximate surface area is 93.3 Å². The van der Waals surface area contributed by atoms with Gasteiger partial charge in [0, 0.05) is 19.3 Å². The molecule has 1 rings (SSSR count). The van der Waals surface area contributed by atoms with Crippen molar-refractivity contribution in [1.82, 2.24) is 9.88 Å². The molecule has 0 unspecified atom stereocenters. The molecule has 1 heterocycles. The van der Waals surface area contributed by atoms with Gasteiger partial charge in [-0.05, 0) is 13.1 Å². The molecule has 0 aliphatic rings. The third-order valence-corrected chi connectivity index (χ3v) is 2.32. The minimum atomic E-state index is 0.127. The van der Waals surface area contributed by atoms with Gasteiger partial charge in [0.1, 0.15) is 0 Å². The molecule has 0 amide bonds. The summed E-state index contributed by atoms with van der Waals surface area (Å²) in [6, 6.07) is 1.66. The predicted molar refractivity (Wildman–Crippen MR) is 57.7 cm³/mol. The molecule has 14 heavy (non-hydrogen) atoms. The zero-order valence-electron chi connectivity index (χ0n) is 7.87. The Balaban J connectivity index is 2.67. The lowest BCUT2D eigenvalue weighted by Gasteiger charge is -2.14. The second kappa shape index (κ2) is 5.51. The van der Waals surface area contributed by atoms with Crippen LogP contribution in [-0.2, 0) is 6.54 Å². The summed E-state index contributed by atoms with van der Waals surface area (Å²) in [6.07, 6.45) is 1.57. The summed E-state index contributed by atoms with van der Waals surface area (Å²) >= 11 is 11.7. The van der Waals surface area contributed by atoms with Gasteiger partial charge < -0.3 is 5.11 Å². The molecule has 1 aromatic rings. The van der Waals surface area contributed by atoms with Crippen molar-refractivity contribution in [2.45, 2.75) is 6.54 Å². The Bertz CT molecular complexity index is 307. The predicted octanol–water partition coefficient (Wildman–Crippen LogP) is 1.81. The number of likely N-dealkylation sites (N-methyl/N-ethyl adjacent to an activating group) is 1. The third kappa shape index (κ3) is 3.42. The average Bonchev–Trinajstić information content (AvgIpc) is 2.10. The van der Waals surface area contributed by atoms with Gasteiger partial charge in [0.2, 0.25) is 0 Å². The molecule has 0 bridgehead atoms. The molecule has 3 nitrogen and oxygen atoms in total. The molecule has 0 aliphatic carbocycles. The lowest BCUT2D eigenvalue weighted by Crippen LogP contribution is -2.22. The summed E-state index contributed by atoms with van der Waals surface area (Å²) in [7, 11) is 1.89. The summed E-state index contributed by atoms with van der Waals surface area (Å²) in [4.78, 5) is 6.05. The van der Waals surface area contributed by atoms with E-state index >= 15 is 0 Å². The van der Waals surface area contributed by atoms with Crippen molar-refractivity contribution in [2.75, 3.05) is 20.2 Å². The Morgan fingerprint density at radius 3 is 2.79 bits per heavy atom. The average molecular weight is 235 g/mol. The van der Waals surface area contributed by atoms with Crippen LogP contribution in [0.3, 0.4) is 0 Å². The first-order valence-electron chi connectivity index (χ1n) is 4.23. The van der Waals surface area contributed by atoms with Gasteiger partial charge in [-0.3, -0.25) is 9.88 Å². The van der Waals surface area contributed by atoms with Crippen molar-refractivity contribution in [1.29, 1.82) is 0 Å². The van der Waals surface area contributed by atoms with Gasteiger partial charge in [-0.1, -0.05) is 23.2 Å². The maximum absolute atomic E-state index is 8.71. The van der Waals surface area contributed by atoms with Crippen LogP contribution < -0.4 is 0 Å². The highest BCUT2D eigenvalue weighted by Crippen LogP contribution is 2.19. The topological polar surface area (TPSA) is 36.4 Å². The molecule has 5 heteroatoms.